The summed E-state index contributed by atoms with van der Waals surface area (Å²) in [7, 11) is 0. The van der Waals surface area contributed by atoms with Crippen molar-refractivity contribution in [3.8, 4) is 62.1 Å². The molecule has 5 aromatic heterocycles. The van der Waals surface area contributed by atoms with Gasteiger partial charge in [0.1, 0.15) is 33.5 Å². The third-order valence-corrected chi connectivity index (χ3v) is 13.9. The molecular formula is C63H36N4O3. The van der Waals surface area contributed by atoms with E-state index < -0.39 is 0 Å². The van der Waals surface area contributed by atoms with E-state index in [1.165, 1.54) is 10.8 Å². The molecule has 0 saturated carbocycles. The number of benzene rings is 10. The van der Waals surface area contributed by atoms with Gasteiger partial charge in [0.15, 0.2) is 17.5 Å². The molecule has 0 saturated heterocycles. The monoisotopic (exact) mass is 896 g/mol. The lowest BCUT2D eigenvalue weighted by Crippen LogP contribution is -2.00. The minimum Gasteiger partial charge on any atom is -0.456 e. The van der Waals surface area contributed by atoms with Gasteiger partial charge in [-0.1, -0.05) is 164 Å². The Hall–Kier alpha value is -9.59. The summed E-state index contributed by atoms with van der Waals surface area (Å²) < 4.78 is 22.1. The lowest BCUT2D eigenvalue weighted by atomic mass is 9.96. The van der Waals surface area contributed by atoms with Crippen molar-refractivity contribution >= 4 is 87.6 Å². The highest BCUT2D eigenvalue weighted by atomic mass is 16.3. The van der Waals surface area contributed by atoms with Crippen LogP contribution in [-0.2, 0) is 0 Å². The zero-order valence-corrected chi connectivity index (χ0v) is 37.3. The molecule has 5 heterocycles. The van der Waals surface area contributed by atoms with Gasteiger partial charge >= 0.3 is 0 Å². The molecule has 0 aliphatic heterocycles. The van der Waals surface area contributed by atoms with Gasteiger partial charge in [0.2, 0.25) is 0 Å². The summed E-state index contributed by atoms with van der Waals surface area (Å²) in [5.41, 5.74) is 15.0. The van der Waals surface area contributed by atoms with E-state index in [0.29, 0.717) is 17.5 Å². The molecule has 70 heavy (non-hydrogen) atoms. The van der Waals surface area contributed by atoms with Gasteiger partial charge in [0, 0.05) is 71.4 Å². The highest BCUT2D eigenvalue weighted by molar-refractivity contribution is 6.17. The lowest BCUT2D eigenvalue weighted by Gasteiger charge is -2.12. The van der Waals surface area contributed by atoms with Crippen molar-refractivity contribution in [2.45, 2.75) is 0 Å². The Balaban J connectivity index is 0.909. The van der Waals surface area contributed by atoms with Gasteiger partial charge < -0.3 is 17.8 Å². The van der Waals surface area contributed by atoms with E-state index in [1.807, 2.05) is 72.8 Å². The Morgan fingerprint density at radius 3 is 1.59 bits per heavy atom. The molecule has 0 atom stereocenters. The Kier molecular flexibility index (Phi) is 8.23. The largest absolute Gasteiger partial charge is 0.456 e. The zero-order valence-electron chi connectivity index (χ0n) is 37.3. The average molecular weight is 897 g/mol. The van der Waals surface area contributed by atoms with Gasteiger partial charge in [-0.2, -0.15) is 0 Å². The van der Waals surface area contributed by atoms with Crippen molar-refractivity contribution < 1.29 is 13.3 Å². The number of furan rings is 3. The van der Waals surface area contributed by atoms with Crippen molar-refractivity contribution in [3.05, 3.63) is 218 Å². The maximum atomic E-state index is 6.69. The molecule has 7 nitrogen and oxygen atoms in total. The van der Waals surface area contributed by atoms with Crippen molar-refractivity contribution in [2.75, 3.05) is 0 Å². The summed E-state index contributed by atoms with van der Waals surface area (Å²) >= 11 is 0. The molecule has 0 aliphatic carbocycles. The van der Waals surface area contributed by atoms with Gasteiger partial charge in [-0.15, -0.1) is 0 Å². The van der Waals surface area contributed by atoms with Gasteiger partial charge in [-0.3, -0.25) is 0 Å². The van der Waals surface area contributed by atoms with Crippen LogP contribution >= 0.6 is 0 Å². The van der Waals surface area contributed by atoms with Gasteiger partial charge in [-0.25, -0.2) is 15.0 Å². The van der Waals surface area contributed by atoms with Crippen LogP contribution in [0.1, 0.15) is 0 Å². The molecule has 0 amide bonds. The molecule has 0 spiro atoms. The molecule has 0 radical (unpaired) electrons. The van der Waals surface area contributed by atoms with Crippen LogP contribution in [0.2, 0.25) is 0 Å². The summed E-state index contributed by atoms with van der Waals surface area (Å²) in [4.78, 5) is 15.6. The summed E-state index contributed by atoms with van der Waals surface area (Å²) in [6, 6.07) is 75.6. The fraction of sp³-hybridized carbons (Fsp3) is 0. The number of aromatic nitrogens is 4. The highest BCUT2D eigenvalue weighted by Crippen LogP contribution is 2.44. The molecule has 15 rings (SSSR count). The number of nitrogens with zero attached hydrogens (tertiary/aromatic N) is 4. The molecule has 0 fully saturated rings. The standard InChI is InChI=1S/C63H36N4O3/c1-2-14-38(15-3-1)61-64-62(39-30-28-37(29-31-39)42-20-12-21-46-45-18-6-10-25-53(45)70-60(42)46)66-63(65-61)48-22-13-27-56-59(48)50-34-40(32-33-55(50)68-56)49-35-41(36-57-58(49)47-19-7-11-26-54(47)69-57)67-51-23-8-4-16-43(51)44-17-5-9-24-52(44)67/h1-36H. The van der Waals surface area contributed by atoms with E-state index in [4.69, 9.17) is 28.2 Å². The van der Waals surface area contributed by atoms with E-state index in [9.17, 15) is 0 Å². The number of hydrogen-bond donors (Lipinski definition) is 0. The third kappa shape index (κ3) is 5.85. The minimum atomic E-state index is 0.551. The second-order valence-electron chi connectivity index (χ2n) is 17.9. The van der Waals surface area contributed by atoms with E-state index in [2.05, 4.69) is 150 Å². The fourth-order valence-electron chi connectivity index (χ4n) is 10.7. The number of fused-ring (bicyclic) bond motifs is 12. The molecule has 7 heteroatoms. The minimum absolute atomic E-state index is 0.551. The van der Waals surface area contributed by atoms with Crippen LogP contribution in [0.25, 0.3) is 150 Å². The van der Waals surface area contributed by atoms with Gasteiger partial charge in [-0.05, 0) is 65.2 Å². The van der Waals surface area contributed by atoms with Gasteiger partial charge in [0.25, 0.3) is 0 Å². The summed E-state index contributed by atoms with van der Waals surface area (Å²) in [5.74, 6) is 1.70. The highest BCUT2D eigenvalue weighted by Gasteiger charge is 2.22. The Labute approximate surface area is 399 Å². The Morgan fingerprint density at radius 1 is 0.286 bits per heavy atom. The van der Waals surface area contributed by atoms with E-state index in [1.54, 1.807) is 0 Å². The first-order chi connectivity index (χ1) is 34.7. The molecule has 15 aromatic rings. The predicted molar refractivity (Wildman–Crippen MR) is 283 cm³/mol. The maximum absolute atomic E-state index is 6.69. The van der Waals surface area contributed by atoms with E-state index in [0.717, 1.165) is 121 Å². The molecule has 0 N–H and O–H groups in total. The molecular weight excluding hydrogens is 861 g/mol. The smallest absolute Gasteiger partial charge is 0.164 e. The number of hydrogen-bond acceptors (Lipinski definition) is 6. The molecule has 326 valence electrons. The quantitative estimate of drug-likeness (QED) is 0.165. The number of para-hydroxylation sites is 5. The zero-order chi connectivity index (χ0) is 45.9. The molecule has 10 aromatic carbocycles. The second kappa shape index (κ2) is 15.0. The fourth-order valence-corrected chi connectivity index (χ4v) is 10.7. The molecule has 0 aliphatic rings. The van der Waals surface area contributed by atoms with Crippen LogP contribution < -0.4 is 0 Å². The van der Waals surface area contributed by atoms with Crippen molar-refractivity contribution in [1.29, 1.82) is 0 Å². The first kappa shape index (κ1) is 38.5. The maximum Gasteiger partial charge on any atom is 0.164 e. The molecule has 0 unspecified atom stereocenters. The van der Waals surface area contributed by atoms with Crippen LogP contribution in [0.3, 0.4) is 0 Å². The van der Waals surface area contributed by atoms with Crippen LogP contribution in [0.4, 0.5) is 0 Å². The van der Waals surface area contributed by atoms with Crippen LogP contribution in [0, 0.1) is 0 Å². The summed E-state index contributed by atoms with van der Waals surface area (Å²) in [6.07, 6.45) is 0. The topological polar surface area (TPSA) is 83.0 Å². The first-order valence-corrected chi connectivity index (χ1v) is 23.4. The van der Waals surface area contributed by atoms with Crippen molar-refractivity contribution in [3.63, 3.8) is 0 Å². The van der Waals surface area contributed by atoms with Crippen molar-refractivity contribution in [2.24, 2.45) is 0 Å². The van der Waals surface area contributed by atoms with E-state index >= 15 is 0 Å². The van der Waals surface area contributed by atoms with Crippen LogP contribution in [-0.4, -0.2) is 19.5 Å². The average Bonchev–Trinajstić information content (AvgIpc) is 4.20. The normalized spacial score (nSPS) is 12.0. The summed E-state index contributed by atoms with van der Waals surface area (Å²) in [6.45, 7) is 0. The van der Waals surface area contributed by atoms with Crippen LogP contribution in [0.5, 0.6) is 0 Å². The Bertz CT molecular complexity index is 4540. The predicted octanol–water partition coefficient (Wildman–Crippen LogP) is 17.0. The third-order valence-electron chi connectivity index (χ3n) is 13.9. The Morgan fingerprint density at radius 2 is 0.814 bits per heavy atom. The van der Waals surface area contributed by atoms with Crippen molar-refractivity contribution in [1.82, 2.24) is 19.5 Å². The van der Waals surface area contributed by atoms with E-state index in [-0.39, 0.29) is 0 Å². The summed E-state index contributed by atoms with van der Waals surface area (Å²) in [5, 5.41) is 8.61. The number of rotatable bonds is 6. The molecule has 0 bridgehead atoms. The SMILES string of the molecule is c1ccc(-c2nc(-c3ccc(-c4cccc5c4oc4ccccc45)cc3)nc(-c3cccc4oc5ccc(-c6cc(-n7c8ccccc8c8ccccc87)cc7oc8ccccc8c67)cc5c34)n2)cc1. The van der Waals surface area contributed by atoms with Crippen LogP contribution in [0.15, 0.2) is 232 Å². The second-order valence-corrected chi connectivity index (χ2v) is 17.9. The lowest BCUT2D eigenvalue weighted by molar-refractivity contribution is 0.668. The first-order valence-electron chi connectivity index (χ1n) is 23.4. The van der Waals surface area contributed by atoms with Gasteiger partial charge in [0.05, 0.1) is 16.7 Å².